The Morgan fingerprint density at radius 1 is 1.03 bits per heavy atom. The number of nitrogens with one attached hydrogen (secondary N) is 2. The number of anilines is 2. The molecule has 2 aromatic carbocycles. The van der Waals surface area contributed by atoms with Crippen molar-refractivity contribution in [2.24, 2.45) is 0 Å². The van der Waals surface area contributed by atoms with E-state index in [1.165, 1.54) is 6.07 Å². The number of benzene rings is 2. The Kier molecular flexibility index (Phi) is 5.57. The molecule has 3 aromatic rings. The second-order valence-corrected chi connectivity index (χ2v) is 8.68. The Hall–Kier alpha value is -2.99. The van der Waals surface area contributed by atoms with Gasteiger partial charge in [-0.15, -0.1) is 10.2 Å². The second kappa shape index (κ2) is 7.79. The summed E-state index contributed by atoms with van der Waals surface area (Å²) in [4.78, 5) is 12.2. The van der Waals surface area contributed by atoms with E-state index in [1.54, 1.807) is 24.3 Å². The molecule has 0 radical (unpaired) electrons. The lowest BCUT2D eigenvalue weighted by Gasteiger charge is -2.13. The van der Waals surface area contributed by atoms with E-state index in [4.69, 9.17) is 0 Å². The third kappa shape index (κ3) is 4.90. The number of hydrogen-bond acceptors (Lipinski definition) is 6. The van der Waals surface area contributed by atoms with Crippen molar-refractivity contribution in [2.45, 2.75) is 17.4 Å². The maximum absolute atomic E-state index is 13.1. The summed E-state index contributed by atoms with van der Waals surface area (Å²) in [6.07, 6.45) is -4.74. The Morgan fingerprint density at radius 2 is 1.69 bits per heavy atom. The van der Waals surface area contributed by atoms with Gasteiger partial charge in [-0.2, -0.15) is 21.6 Å². The summed E-state index contributed by atoms with van der Waals surface area (Å²) in [6.45, 7) is 1.85. The van der Waals surface area contributed by atoms with E-state index in [9.17, 15) is 26.4 Å². The second-order valence-electron chi connectivity index (χ2n) is 5.84. The van der Waals surface area contributed by atoms with Gasteiger partial charge in [0, 0.05) is 5.56 Å². The number of carbonyl (C=O) groups excluding carboxylic acids is 1. The van der Waals surface area contributed by atoms with Crippen LogP contribution in [0.2, 0.25) is 0 Å². The molecule has 0 atom stereocenters. The average molecular weight is 442 g/mol. The molecule has 12 heteroatoms. The number of alkyl halides is 3. The number of amides is 1. The highest BCUT2D eigenvalue weighted by atomic mass is 32.2. The molecule has 0 saturated carbocycles. The van der Waals surface area contributed by atoms with Crippen LogP contribution in [0.1, 0.15) is 21.5 Å². The molecule has 0 aliphatic heterocycles. The minimum Gasteiger partial charge on any atom is -0.296 e. The number of hydrogen-bond donors (Lipinski definition) is 2. The molecule has 152 valence electrons. The molecule has 0 bridgehead atoms. The van der Waals surface area contributed by atoms with Crippen LogP contribution in [-0.4, -0.2) is 24.5 Å². The van der Waals surface area contributed by atoms with Crippen LogP contribution in [-0.2, 0) is 16.2 Å². The minimum atomic E-state index is -4.74. The van der Waals surface area contributed by atoms with Gasteiger partial charge < -0.3 is 0 Å². The Balaban J connectivity index is 1.79. The lowest BCUT2D eigenvalue weighted by molar-refractivity contribution is -0.136. The molecule has 0 saturated heterocycles. The minimum absolute atomic E-state index is 0.111. The molecule has 2 N–H and O–H groups in total. The van der Waals surface area contributed by atoms with Crippen LogP contribution in [0, 0.1) is 6.92 Å². The van der Waals surface area contributed by atoms with Gasteiger partial charge in [0.15, 0.2) is 0 Å². The number of para-hydroxylation sites is 1. The fourth-order valence-electron chi connectivity index (χ4n) is 2.25. The van der Waals surface area contributed by atoms with Crippen LogP contribution in [0.5, 0.6) is 0 Å². The molecule has 0 aliphatic rings. The fourth-order valence-corrected chi connectivity index (χ4v) is 4.23. The van der Waals surface area contributed by atoms with Crippen molar-refractivity contribution in [1.82, 2.24) is 10.2 Å². The third-order valence-corrected chi connectivity index (χ3v) is 6.22. The van der Waals surface area contributed by atoms with Crippen LogP contribution >= 0.6 is 11.3 Å². The van der Waals surface area contributed by atoms with Crippen LogP contribution in [0.15, 0.2) is 52.9 Å². The van der Waals surface area contributed by atoms with Crippen molar-refractivity contribution in [3.05, 3.63) is 65.2 Å². The van der Waals surface area contributed by atoms with E-state index in [1.807, 2.05) is 11.6 Å². The first-order chi connectivity index (χ1) is 13.6. The van der Waals surface area contributed by atoms with E-state index < -0.39 is 37.7 Å². The molecule has 0 aliphatic carbocycles. The zero-order valence-electron chi connectivity index (χ0n) is 14.7. The van der Waals surface area contributed by atoms with Gasteiger partial charge in [0.25, 0.3) is 20.3 Å². The van der Waals surface area contributed by atoms with Crippen molar-refractivity contribution in [1.29, 1.82) is 0 Å². The zero-order chi connectivity index (χ0) is 21.2. The maximum Gasteiger partial charge on any atom is 0.418 e. The Labute approximate surface area is 167 Å². The largest absolute Gasteiger partial charge is 0.418 e. The normalized spacial score (nSPS) is 11.9. The molecular weight excluding hydrogens is 429 g/mol. The molecule has 3 rings (SSSR count). The van der Waals surface area contributed by atoms with Gasteiger partial charge >= 0.3 is 6.18 Å². The van der Waals surface area contributed by atoms with Crippen molar-refractivity contribution < 1.29 is 26.4 Å². The predicted molar refractivity (Wildman–Crippen MR) is 101 cm³/mol. The van der Waals surface area contributed by atoms with Gasteiger partial charge in [-0.05, 0) is 31.2 Å². The average Bonchev–Trinajstić information content (AvgIpc) is 3.11. The lowest BCUT2D eigenvalue weighted by atomic mass is 10.1. The molecule has 0 fully saturated rings. The molecule has 7 nitrogen and oxygen atoms in total. The van der Waals surface area contributed by atoms with E-state index in [0.29, 0.717) is 16.9 Å². The summed E-state index contributed by atoms with van der Waals surface area (Å²) in [5.41, 5.74) is -0.495. The van der Waals surface area contributed by atoms with E-state index >= 15 is 0 Å². The topological polar surface area (TPSA) is 101 Å². The van der Waals surface area contributed by atoms with E-state index in [2.05, 4.69) is 15.5 Å². The van der Waals surface area contributed by atoms with E-state index in [0.717, 1.165) is 23.8 Å². The SMILES string of the molecule is Cc1ccc(C(=O)Nc2nnc(S(=O)(=O)Nc3ccccc3C(F)(F)F)s2)cc1. The number of nitrogens with zero attached hydrogens (tertiary/aromatic N) is 2. The number of aryl methyl sites for hydroxylation is 1. The summed E-state index contributed by atoms with van der Waals surface area (Å²) in [5, 5.41) is 9.32. The quantitative estimate of drug-likeness (QED) is 0.584. The van der Waals surface area contributed by atoms with Crippen molar-refractivity contribution in [3.8, 4) is 0 Å². The number of carbonyl (C=O) groups is 1. The summed E-state index contributed by atoms with van der Waals surface area (Å²) in [6, 6.07) is 10.8. The van der Waals surface area contributed by atoms with Gasteiger partial charge in [-0.3, -0.25) is 14.8 Å². The fraction of sp³-hybridized carbons (Fsp3) is 0.118. The van der Waals surface area contributed by atoms with Gasteiger partial charge in [0.2, 0.25) is 5.13 Å². The molecule has 0 spiro atoms. The third-order valence-electron chi connectivity index (χ3n) is 3.65. The molecule has 0 unspecified atom stereocenters. The molecule has 1 aromatic heterocycles. The Morgan fingerprint density at radius 3 is 2.34 bits per heavy atom. The van der Waals surface area contributed by atoms with Crippen molar-refractivity contribution in [3.63, 3.8) is 0 Å². The molecule has 29 heavy (non-hydrogen) atoms. The maximum atomic E-state index is 13.1. The van der Waals surface area contributed by atoms with Crippen molar-refractivity contribution >= 4 is 38.1 Å². The van der Waals surface area contributed by atoms with Crippen molar-refractivity contribution in [2.75, 3.05) is 10.0 Å². The number of rotatable bonds is 5. The Bertz CT molecular complexity index is 1140. The highest BCUT2D eigenvalue weighted by molar-refractivity contribution is 7.94. The highest BCUT2D eigenvalue weighted by Gasteiger charge is 2.34. The molecule has 1 heterocycles. The first-order valence-corrected chi connectivity index (χ1v) is 10.3. The summed E-state index contributed by atoms with van der Waals surface area (Å²) in [5.74, 6) is -0.527. The highest BCUT2D eigenvalue weighted by Crippen LogP contribution is 2.35. The van der Waals surface area contributed by atoms with Gasteiger partial charge in [0.05, 0.1) is 11.3 Å². The van der Waals surface area contributed by atoms with Crippen LogP contribution in [0.3, 0.4) is 0 Å². The summed E-state index contributed by atoms with van der Waals surface area (Å²) >= 11 is 0.513. The standard InChI is InChI=1S/C17H13F3N4O3S2/c1-10-6-8-11(9-7-10)14(25)21-15-22-23-16(28-15)29(26,27)24-13-5-3-2-4-12(13)17(18,19)20/h2-9,24H,1H3,(H,21,22,25). The predicted octanol–water partition coefficient (Wildman–Crippen LogP) is 3.92. The zero-order valence-corrected chi connectivity index (χ0v) is 16.3. The number of halogens is 3. The number of aromatic nitrogens is 2. The molecular formula is C17H13F3N4O3S2. The first kappa shape index (κ1) is 20.7. The summed E-state index contributed by atoms with van der Waals surface area (Å²) < 4.78 is 65.2. The van der Waals surface area contributed by atoms with Crippen LogP contribution in [0.4, 0.5) is 24.0 Å². The van der Waals surface area contributed by atoms with Gasteiger partial charge in [0.1, 0.15) is 0 Å². The number of sulfonamides is 1. The van der Waals surface area contributed by atoms with Gasteiger partial charge in [-0.1, -0.05) is 41.2 Å². The monoisotopic (exact) mass is 442 g/mol. The van der Waals surface area contributed by atoms with Crippen LogP contribution < -0.4 is 10.0 Å². The first-order valence-electron chi connectivity index (χ1n) is 7.97. The van der Waals surface area contributed by atoms with E-state index in [-0.39, 0.29) is 5.13 Å². The van der Waals surface area contributed by atoms with Crippen LogP contribution in [0.25, 0.3) is 0 Å². The summed E-state index contributed by atoms with van der Waals surface area (Å²) in [7, 11) is -4.44. The molecule has 1 amide bonds. The van der Waals surface area contributed by atoms with Gasteiger partial charge in [-0.25, -0.2) is 0 Å². The lowest BCUT2D eigenvalue weighted by Crippen LogP contribution is -2.17. The smallest absolute Gasteiger partial charge is 0.296 e.